The van der Waals surface area contributed by atoms with Crippen LogP contribution in [-0.4, -0.2) is 37.8 Å². The van der Waals surface area contributed by atoms with Gasteiger partial charge in [-0.15, -0.1) is 0 Å². The molecule has 0 aliphatic heterocycles. The minimum absolute atomic E-state index is 0.248. The molecule has 4 aromatic rings. The lowest BCUT2D eigenvalue weighted by Gasteiger charge is -2.27. The average Bonchev–Trinajstić information content (AvgIpc) is 3.41. The quantitative estimate of drug-likeness (QED) is 0.469. The molecule has 5 rings (SSSR count). The van der Waals surface area contributed by atoms with Crippen molar-refractivity contribution < 1.29 is 9.13 Å². The standard InChI is InChI=1S/C24H26FN5O/c1-14(25)10-17-11-18(12-27-15(17)2)21-13-28-30-23-20(8-9-26-23)22(29-24(21)30)16-4-6-19(31-3)7-5-16/h8-13,16,19,26H,4-7H2,1-3H3/b14-10+. The van der Waals surface area contributed by atoms with Crippen molar-refractivity contribution in [2.75, 3.05) is 7.11 Å². The molecule has 0 saturated heterocycles. The lowest BCUT2D eigenvalue weighted by molar-refractivity contribution is 0.0656. The largest absolute Gasteiger partial charge is 0.381 e. The van der Waals surface area contributed by atoms with E-state index in [1.165, 1.54) is 13.0 Å². The van der Waals surface area contributed by atoms with Gasteiger partial charge in [-0.25, -0.2) is 9.37 Å². The van der Waals surface area contributed by atoms with Crippen molar-refractivity contribution >= 4 is 22.8 Å². The van der Waals surface area contributed by atoms with Gasteiger partial charge >= 0.3 is 0 Å². The molecule has 1 aliphatic rings. The number of aromatic nitrogens is 5. The number of hydrogen-bond donors (Lipinski definition) is 1. The predicted molar refractivity (Wildman–Crippen MR) is 120 cm³/mol. The Hall–Kier alpha value is -3.06. The Morgan fingerprint density at radius 3 is 2.81 bits per heavy atom. The predicted octanol–water partition coefficient (Wildman–Crippen LogP) is 5.58. The van der Waals surface area contributed by atoms with Crippen LogP contribution in [0.25, 0.3) is 33.9 Å². The molecule has 31 heavy (non-hydrogen) atoms. The van der Waals surface area contributed by atoms with Crippen molar-refractivity contribution in [1.29, 1.82) is 0 Å². The van der Waals surface area contributed by atoms with Gasteiger partial charge in [0.15, 0.2) is 5.65 Å². The highest BCUT2D eigenvalue weighted by molar-refractivity contribution is 5.86. The molecule has 0 atom stereocenters. The molecule has 6 nitrogen and oxygen atoms in total. The molecule has 1 N–H and O–H groups in total. The lowest BCUT2D eigenvalue weighted by Crippen LogP contribution is -2.20. The molecule has 1 aliphatic carbocycles. The number of nitrogens with one attached hydrogen (secondary N) is 1. The van der Waals surface area contributed by atoms with E-state index in [9.17, 15) is 4.39 Å². The number of halogens is 1. The number of pyridine rings is 1. The normalized spacial score (nSPS) is 20.1. The Labute approximate surface area is 180 Å². The van der Waals surface area contributed by atoms with Gasteiger partial charge in [-0.3, -0.25) is 4.98 Å². The van der Waals surface area contributed by atoms with E-state index in [1.54, 1.807) is 13.3 Å². The Balaban J connectivity index is 1.64. The second kappa shape index (κ2) is 7.89. The Morgan fingerprint density at radius 2 is 2.06 bits per heavy atom. The van der Waals surface area contributed by atoms with Crippen molar-refractivity contribution in [3.63, 3.8) is 0 Å². The Morgan fingerprint density at radius 1 is 1.26 bits per heavy atom. The van der Waals surface area contributed by atoms with E-state index in [0.29, 0.717) is 12.0 Å². The third kappa shape index (κ3) is 3.53. The van der Waals surface area contributed by atoms with Crippen LogP contribution in [0.1, 0.15) is 55.5 Å². The van der Waals surface area contributed by atoms with Gasteiger partial charge in [0.2, 0.25) is 0 Å². The first-order chi connectivity index (χ1) is 15.0. The number of H-pyrrole nitrogens is 1. The molecule has 7 heteroatoms. The van der Waals surface area contributed by atoms with Crippen LogP contribution < -0.4 is 0 Å². The van der Waals surface area contributed by atoms with Gasteiger partial charge in [-0.2, -0.15) is 9.61 Å². The van der Waals surface area contributed by atoms with Crippen LogP contribution in [0, 0.1) is 6.92 Å². The number of fused-ring (bicyclic) bond motifs is 3. The SMILES string of the molecule is COC1CCC(c2nc3c(-c4cnc(C)c(/C=C(\C)F)c4)cnn3c3[nH]ccc23)CC1. The molecule has 0 spiro atoms. The van der Waals surface area contributed by atoms with E-state index in [-0.39, 0.29) is 5.83 Å². The highest BCUT2D eigenvalue weighted by atomic mass is 19.1. The zero-order valence-electron chi connectivity index (χ0n) is 18.0. The maximum Gasteiger partial charge on any atom is 0.165 e. The number of aromatic amines is 1. The van der Waals surface area contributed by atoms with Crippen LogP contribution >= 0.6 is 0 Å². The summed E-state index contributed by atoms with van der Waals surface area (Å²) < 4.78 is 20.9. The molecule has 4 heterocycles. The summed E-state index contributed by atoms with van der Waals surface area (Å²) in [6.45, 7) is 3.32. The number of rotatable bonds is 4. The first-order valence-corrected chi connectivity index (χ1v) is 10.7. The van der Waals surface area contributed by atoms with Gasteiger partial charge in [0.25, 0.3) is 0 Å². The second-order valence-corrected chi connectivity index (χ2v) is 8.37. The Bertz CT molecular complexity index is 1280. The molecule has 0 aromatic carbocycles. The molecule has 160 valence electrons. The number of hydrogen-bond acceptors (Lipinski definition) is 4. The van der Waals surface area contributed by atoms with Crippen molar-refractivity contribution in [2.24, 2.45) is 0 Å². The van der Waals surface area contributed by atoms with Crippen molar-refractivity contribution in [2.45, 2.75) is 51.6 Å². The number of methoxy groups -OCH3 is 1. The molecule has 1 fully saturated rings. The topological polar surface area (TPSA) is 68.1 Å². The summed E-state index contributed by atoms with van der Waals surface area (Å²) in [6.07, 6.45) is 11.6. The summed E-state index contributed by atoms with van der Waals surface area (Å²) in [4.78, 5) is 12.9. The van der Waals surface area contributed by atoms with E-state index in [1.807, 2.05) is 29.9 Å². The fourth-order valence-electron chi connectivity index (χ4n) is 4.67. The number of nitrogens with zero attached hydrogens (tertiary/aromatic N) is 4. The minimum atomic E-state index is -0.248. The van der Waals surface area contributed by atoms with Gasteiger partial charge in [0, 0.05) is 47.6 Å². The number of aryl methyl sites for hydroxylation is 1. The van der Waals surface area contributed by atoms with Crippen LogP contribution in [0.2, 0.25) is 0 Å². The van der Waals surface area contributed by atoms with Crippen molar-refractivity contribution in [3.05, 3.63) is 53.5 Å². The lowest BCUT2D eigenvalue weighted by atomic mass is 9.84. The minimum Gasteiger partial charge on any atom is -0.381 e. The van der Waals surface area contributed by atoms with Gasteiger partial charge in [-0.1, -0.05) is 0 Å². The third-order valence-corrected chi connectivity index (χ3v) is 6.37. The zero-order valence-corrected chi connectivity index (χ0v) is 18.0. The number of ether oxygens (including phenoxy) is 1. The average molecular weight is 420 g/mol. The molecule has 0 bridgehead atoms. The third-order valence-electron chi connectivity index (χ3n) is 6.37. The highest BCUT2D eigenvalue weighted by Gasteiger charge is 2.26. The molecular weight excluding hydrogens is 393 g/mol. The van der Waals surface area contributed by atoms with E-state index >= 15 is 0 Å². The highest BCUT2D eigenvalue weighted by Crippen LogP contribution is 2.37. The fourth-order valence-corrected chi connectivity index (χ4v) is 4.67. The molecule has 4 aromatic heterocycles. The first kappa shape index (κ1) is 19.9. The smallest absolute Gasteiger partial charge is 0.165 e. The summed E-state index contributed by atoms with van der Waals surface area (Å²) in [5, 5.41) is 5.72. The zero-order chi connectivity index (χ0) is 21.5. The van der Waals surface area contributed by atoms with E-state index in [4.69, 9.17) is 9.72 Å². The maximum atomic E-state index is 13.5. The molecule has 0 radical (unpaired) electrons. The van der Waals surface area contributed by atoms with Crippen LogP contribution in [0.4, 0.5) is 4.39 Å². The summed E-state index contributed by atoms with van der Waals surface area (Å²) in [6, 6.07) is 4.04. The van der Waals surface area contributed by atoms with Gasteiger partial charge < -0.3 is 9.72 Å². The second-order valence-electron chi connectivity index (χ2n) is 8.37. The van der Waals surface area contributed by atoms with Crippen LogP contribution in [0.15, 0.2) is 36.6 Å². The van der Waals surface area contributed by atoms with E-state index in [2.05, 4.69) is 21.1 Å². The summed E-state index contributed by atoms with van der Waals surface area (Å²) in [5.41, 5.74) is 6.15. The number of allylic oxidation sites excluding steroid dienone is 1. The Kier molecular flexibility index (Phi) is 5.06. The molecule has 1 saturated carbocycles. The van der Waals surface area contributed by atoms with Crippen molar-refractivity contribution in [1.82, 2.24) is 24.6 Å². The van der Waals surface area contributed by atoms with Crippen molar-refractivity contribution in [3.8, 4) is 11.1 Å². The first-order valence-electron chi connectivity index (χ1n) is 10.7. The molecule has 0 amide bonds. The van der Waals surface area contributed by atoms with E-state index < -0.39 is 0 Å². The summed E-state index contributed by atoms with van der Waals surface area (Å²) >= 11 is 0. The van der Waals surface area contributed by atoms with Gasteiger partial charge in [0.1, 0.15) is 5.65 Å². The van der Waals surface area contributed by atoms with E-state index in [0.717, 1.165) is 70.4 Å². The fraction of sp³-hybridized carbons (Fsp3) is 0.375. The molecular formula is C24H26FN5O. The monoisotopic (exact) mass is 419 g/mol. The van der Waals surface area contributed by atoms with Crippen LogP contribution in [0.3, 0.4) is 0 Å². The maximum absolute atomic E-state index is 13.5. The van der Waals surface area contributed by atoms with Crippen LogP contribution in [0.5, 0.6) is 0 Å². The van der Waals surface area contributed by atoms with Gasteiger partial charge in [0.05, 0.1) is 23.8 Å². The summed E-state index contributed by atoms with van der Waals surface area (Å²) in [7, 11) is 1.79. The van der Waals surface area contributed by atoms with Crippen LogP contribution in [-0.2, 0) is 4.74 Å². The summed E-state index contributed by atoms with van der Waals surface area (Å²) in [5.74, 6) is 0.142. The molecule has 0 unspecified atom stereocenters. The van der Waals surface area contributed by atoms with Gasteiger partial charge in [-0.05, 0) is 63.3 Å².